The maximum Gasteiger partial charge on any atom is 0.323 e. The molecule has 0 aliphatic heterocycles. The monoisotopic (exact) mass is 269 g/mol. The Morgan fingerprint density at radius 2 is 2.00 bits per heavy atom. The molecule has 0 saturated carbocycles. The van der Waals surface area contributed by atoms with Crippen LogP contribution in [0.4, 0.5) is 0 Å². The maximum absolute atomic E-state index is 11.7. The first-order valence-corrected chi connectivity index (χ1v) is 6.09. The van der Waals surface area contributed by atoms with Crippen LogP contribution in [0.1, 0.15) is 18.4 Å². The van der Waals surface area contributed by atoms with Gasteiger partial charge in [0.15, 0.2) is 0 Å². The topological polar surface area (TPSA) is 75.6 Å². The Kier molecular flexibility index (Phi) is 6.33. The fraction of sp³-hybridized carbons (Fsp3) is 0.333. The minimum Gasteiger partial charge on any atom is -0.481 e. The van der Waals surface area contributed by atoms with Crippen molar-refractivity contribution in [1.82, 2.24) is 5.09 Å². The van der Waals surface area contributed by atoms with Crippen LogP contribution in [-0.2, 0) is 20.9 Å². The number of carbonyl (C=O) groups excluding carboxylic acids is 1. The number of aliphatic carboxylic acids is 1. The molecular formula is C12H16NO4P. The van der Waals surface area contributed by atoms with E-state index in [9.17, 15) is 9.59 Å². The minimum atomic E-state index is -0.934. The van der Waals surface area contributed by atoms with Crippen molar-refractivity contribution < 1.29 is 19.4 Å². The lowest BCUT2D eigenvalue weighted by atomic mass is 10.2. The summed E-state index contributed by atoms with van der Waals surface area (Å²) in [5.74, 6) is -1.38. The lowest BCUT2D eigenvalue weighted by Crippen LogP contribution is -2.32. The summed E-state index contributed by atoms with van der Waals surface area (Å²) in [5.41, 5.74) is 0.895. The fourth-order valence-corrected chi connectivity index (χ4v) is 1.67. The third-order valence-electron chi connectivity index (χ3n) is 2.36. The smallest absolute Gasteiger partial charge is 0.323 e. The summed E-state index contributed by atoms with van der Waals surface area (Å²) in [6.07, 6.45) is 0.124. The van der Waals surface area contributed by atoms with Gasteiger partial charge >= 0.3 is 11.9 Å². The van der Waals surface area contributed by atoms with E-state index in [1.54, 1.807) is 0 Å². The van der Waals surface area contributed by atoms with Gasteiger partial charge in [0.25, 0.3) is 0 Å². The SMILES string of the molecule is O=C(O)CCC(NP)C(=O)OCc1ccccc1. The molecule has 0 amide bonds. The molecule has 2 N–H and O–H groups in total. The van der Waals surface area contributed by atoms with Gasteiger partial charge in [-0.25, -0.2) is 0 Å². The molecule has 1 aromatic carbocycles. The molecule has 98 valence electrons. The van der Waals surface area contributed by atoms with Gasteiger partial charge in [0.1, 0.15) is 12.6 Å². The van der Waals surface area contributed by atoms with Gasteiger partial charge in [-0.2, -0.15) is 0 Å². The third-order valence-corrected chi connectivity index (χ3v) is 2.76. The maximum atomic E-state index is 11.7. The third kappa shape index (κ3) is 5.25. The molecule has 5 nitrogen and oxygen atoms in total. The van der Waals surface area contributed by atoms with Gasteiger partial charge in [0.05, 0.1) is 0 Å². The van der Waals surface area contributed by atoms with E-state index in [1.165, 1.54) is 0 Å². The molecule has 1 rings (SSSR count). The molecule has 1 aromatic rings. The van der Waals surface area contributed by atoms with E-state index < -0.39 is 18.0 Å². The Bertz CT molecular complexity index is 396. The molecule has 0 aliphatic rings. The van der Waals surface area contributed by atoms with Crippen LogP contribution in [-0.4, -0.2) is 23.1 Å². The van der Waals surface area contributed by atoms with Crippen LogP contribution < -0.4 is 5.09 Å². The van der Waals surface area contributed by atoms with Crippen LogP contribution in [0.25, 0.3) is 0 Å². The molecule has 2 atom stereocenters. The average molecular weight is 269 g/mol. The summed E-state index contributed by atoms with van der Waals surface area (Å²) in [7, 11) is 2.20. The average Bonchev–Trinajstić information content (AvgIpc) is 2.38. The quantitative estimate of drug-likeness (QED) is 0.577. The Balaban J connectivity index is 2.40. The second-order valence-corrected chi connectivity index (χ2v) is 4.08. The minimum absolute atomic E-state index is 0.0769. The van der Waals surface area contributed by atoms with Crippen molar-refractivity contribution >= 4 is 21.3 Å². The molecule has 0 bridgehead atoms. The number of carboxylic acids is 1. The van der Waals surface area contributed by atoms with Crippen molar-refractivity contribution in [3.8, 4) is 0 Å². The lowest BCUT2D eigenvalue weighted by molar-refractivity contribution is -0.147. The van der Waals surface area contributed by atoms with Gasteiger partial charge < -0.3 is 9.84 Å². The van der Waals surface area contributed by atoms with E-state index in [2.05, 4.69) is 14.5 Å². The summed E-state index contributed by atoms with van der Waals surface area (Å²) in [6.45, 7) is 0.190. The van der Waals surface area contributed by atoms with Gasteiger partial charge in [0.2, 0.25) is 0 Å². The second kappa shape index (κ2) is 7.80. The number of benzene rings is 1. The highest BCUT2D eigenvalue weighted by atomic mass is 31.0. The van der Waals surface area contributed by atoms with Gasteiger partial charge in [-0.3, -0.25) is 14.7 Å². The molecule has 0 fully saturated rings. The highest BCUT2D eigenvalue weighted by molar-refractivity contribution is 7.13. The predicted molar refractivity (Wildman–Crippen MR) is 69.7 cm³/mol. The van der Waals surface area contributed by atoms with Crippen molar-refractivity contribution in [2.24, 2.45) is 0 Å². The molecule has 18 heavy (non-hydrogen) atoms. The summed E-state index contributed by atoms with van der Waals surface area (Å²) in [6, 6.07) is 8.69. The van der Waals surface area contributed by atoms with Crippen LogP contribution >= 0.6 is 9.39 Å². The largest absolute Gasteiger partial charge is 0.481 e. The second-order valence-electron chi connectivity index (χ2n) is 3.74. The molecule has 0 heterocycles. The molecule has 0 aliphatic carbocycles. The highest BCUT2D eigenvalue weighted by Gasteiger charge is 2.19. The highest BCUT2D eigenvalue weighted by Crippen LogP contribution is 2.06. The Morgan fingerprint density at radius 3 is 2.56 bits per heavy atom. The number of ether oxygens (including phenoxy) is 1. The van der Waals surface area contributed by atoms with Crippen LogP contribution in [0.3, 0.4) is 0 Å². The van der Waals surface area contributed by atoms with Crippen LogP contribution in [0.5, 0.6) is 0 Å². The zero-order chi connectivity index (χ0) is 13.4. The summed E-state index contributed by atoms with van der Waals surface area (Å²) in [5, 5.41) is 11.2. The molecule has 2 unspecified atom stereocenters. The molecule has 0 spiro atoms. The van der Waals surface area contributed by atoms with Crippen LogP contribution in [0.2, 0.25) is 0 Å². The normalized spacial score (nSPS) is 11.8. The first-order valence-electron chi connectivity index (χ1n) is 5.52. The van der Waals surface area contributed by atoms with E-state index in [0.29, 0.717) is 0 Å². The lowest BCUT2D eigenvalue weighted by Gasteiger charge is -2.14. The first kappa shape index (κ1) is 14.6. The van der Waals surface area contributed by atoms with Gasteiger partial charge in [-0.1, -0.05) is 39.7 Å². The Labute approximate surface area is 108 Å². The summed E-state index contributed by atoms with van der Waals surface area (Å²) < 4.78 is 5.11. The number of esters is 1. The van der Waals surface area contributed by atoms with E-state index in [1.807, 2.05) is 30.3 Å². The number of hydrogen-bond donors (Lipinski definition) is 2. The van der Waals surface area contributed by atoms with Crippen LogP contribution in [0, 0.1) is 0 Å². The summed E-state index contributed by atoms with van der Waals surface area (Å²) in [4.78, 5) is 22.1. The molecule has 6 heteroatoms. The van der Waals surface area contributed by atoms with E-state index >= 15 is 0 Å². The standard InChI is InChI=1S/C12H16NO4P/c14-11(15)7-6-10(13-18)12(16)17-8-9-4-2-1-3-5-9/h1-5,10,13H,6-8,18H2,(H,14,15). The van der Waals surface area contributed by atoms with Crippen molar-refractivity contribution in [1.29, 1.82) is 0 Å². The molecular weight excluding hydrogens is 253 g/mol. The fourth-order valence-electron chi connectivity index (χ4n) is 1.37. The molecule has 0 radical (unpaired) electrons. The zero-order valence-corrected chi connectivity index (χ0v) is 11.0. The van der Waals surface area contributed by atoms with Gasteiger partial charge in [-0.05, 0) is 12.0 Å². The number of rotatable bonds is 7. The van der Waals surface area contributed by atoms with E-state index in [4.69, 9.17) is 9.84 Å². The van der Waals surface area contributed by atoms with Gasteiger partial charge in [0, 0.05) is 6.42 Å². The van der Waals surface area contributed by atoms with E-state index in [0.717, 1.165) is 5.56 Å². The predicted octanol–water partition coefficient (Wildman–Crippen LogP) is 1.34. The van der Waals surface area contributed by atoms with Crippen molar-refractivity contribution in [2.75, 3.05) is 0 Å². The number of nitrogens with one attached hydrogen (secondary N) is 1. The Hall–Kier alpha value is -1.45. The summed E-state index contributed by atoms with van der Waals surface area (Å²) >= 11 is 0. The van der Waals surface area contributed by atoms with Gasteiger partial charge in [-0.15, -0.1) is 0 Å². The van der Waals surface area contributed by atoms with Crippen molar-refractivity contribution in [3.63, 3.8) is 0 Å². The Morgan fingerprint density at radius 1 is 1.33 bits per heavy atom. The van der Waals surface area contributed by atoms with Crippen LogP contribution in [0.15, 0.2) is 30.3 Å². The number of carbonyl (C=O) groups is 2. The number of carboxylic acid groups (broad SMARTS) is 1. The molecule has 0 saturated heterocycles. The van der Waals surface area contributed by atoms with Crippen molar-refractivity contribution in [2.45, 2.75) is 25.5 Å². The van der Waals surface area contributed by atoms with E-state index in [-0.39, 0.29) is 19.4 Å². The first-order chi connectivity index (χ1) is 8.63. The molecule has 0 aromatic heterocycles. The van der Waals surface area contributed by atoms with Crippen molar-refractivity contribution in [3.05, 3.63) is 35.9 Å². The number of hydrogen-bond acceptors (Lipinski definition) is 4. The zero-order valence-electron chi connectivity index (χ0n) is 9.83.